The van der Waals surface area contributed by atoms with E-state index in [0.717, 1.165) is 32.4 Å². The zero-order valence-corrected chi connectivity index (χ0v) is 14.7. The van der Waals surface area contributed by atoms with E-state index in [9.17, 15) is 14.7 Å². The number of nitrogens with zero attached hydrogens (tertiary/aromatic N) is 1. The van der Waals surface area contributed by atoms with Crippen molar-refractivity contribution in [3.63, 3.8) is 0 Å². The summed E-state index contributed by atoms with van der Waals surface area (Å²) >= 11 is 0. The zero-order chi connectivity index (χ0) is 17.3. The highest BCUT2D eigenvalue weighted by atomic mass is 16.6. The molecule has 2 unspecified atom stereocenters. The summed E-state index contributed by atoms with van der Waals surface area (Å²) in [6, 6.07) is 0. The first-order valence-electron chi connectivity index (χ1n) is 8.61. The first-order valence-corrected chi connectivity index (χ1v) is 8.61. The Hall–Kier alpha value is -1.30. The van der Waals surface area contributed by atoms with Crippen molar-refractivity contribution in [2.24, 2.45) is 17.3 Å². The third kappa shape index (κ3) is 3.79. The molecule has 2 aliphatic rings. The van der Waals surface area contributed by atoms with Gasteiger partial charge in [0.1, 0.15) is 5.60 Å². The van der Waals surface area contributed by atoms with Gasteiger partial charge >= 0.3 is 12.1 Å². The monoisotopic (exact) mass is 326 g/mol. The SMILES string of the molecule is CCC1CN(C(=O)OC(C)(C)C)CC(C(=O)O)C12CCNCC2. The van der Waals surface area contributed by atoms with Crippen LogP contribution in [0.3, 0.4) is 0 Å². The van der Waals surface area contributed by atoms with Gasteiger partial charge in [-0.05, 0) is 58.0 Å². The van der Waals surface area contributed by atoms with Crippen LogP contribution in [0, 0.1) is 17.3 Å². The summed E-state index contributed by atoms with van der Waals surface area (Å²) in [5.74, 6) is -1.11. The number of carbonyl (C=O) groups is 2. The van der Waals surface area contributed by atoms with E-state index in [2.05, 4.69) is 12.2 Å². The van der Waals surface area contributed by atoms with Crippen molar-refractivity contribution in [3.8, 4) is 0 Å². The van der Waals surface area contributed by atoms with Gasteiger partial charge in [-0.1, -0.05) is 13.3 Å². The fourth-order valence-corrected chi connectivity index (χ4v) is 4.19. The number of rotatable bonds is 2. The molecule has 6 nitrogen and oxygen atoms in total. The number of piperidine rings is 2. The van der Waals surface area contributed by atoms with Crippen molar-refractivity contribution >= 4 is 12.1 Å². The molecule has 2 atom stereocenters. The van der Waals surface area contributed by atoms with Gasteiger partial charge in [-0.15, -0.1) is 0 Å². The minimum absolute atomic E-state index is 0.201. The Morgan fingerprint density at radius 2 is 1.87 bits per heavy atom. The van der Waals surface area contributed by atoms with Gasteiger partial charge < -0.3 is 20.1 Å². The Labute approximate surface area is 138 Å². The van der Waals surface area contributed by atoms with Crippen LogP contribution in [0.4, 0.5) is 4.79 Å². The minimum atomic E-state index is -0.793. The van der Waals surface area contributed by atoms with Gasteiger partial charge in [0, 0.05) is 13.1 Å². The molecule has 132 valence electrons. The lowest BCUT2D eigenvalue weighted by atomic mass is 9.58. The first kappa shape index (κ1) is 18.0. The number of nitrogens with one attached hydrogen (secondary N) is 1. The zero-order valence-electron chi connectivity index (χ0n) is 14.7. The maximum absolute atomic E-state index is 12.4. The molecule has 0 saturated carbocycles. The van der Waals surface area contributed by atoms with E-state index in [0.29, 0.717) is 6.54 Å². The Morgan fingerprint density at radius 3 is 2.35 bits per heavy atom. The highest BCUT2D eigenvalue weighted by molar-refractivity contribution is 5.74. The fraction of sp³-hybridized carbons (Fsp3) is 0.882. The summed E-state index contributed by atoms with van der Waals surface area (Å²) in [5.41, 5.74) is -0.772. The van der Waals surface area contributed by atoms with E-state index < -0.39 is 23.6 Å². The quantitative estimate of drug-likeness (QED) is 0.814. The molecule has 0 bridgehead atoms. The maximum Gasteiger partial charge on any atom is 0.410 e. The van der Waals surface area contributed by atoms with Gasteiger partial charge in [0.2, 0.25) is 0 Å². The molecular weight excluding hydrogens is 296 g/mol. The number of hydrogen-bond acceptors (Lipinski definition) is 4. The number of amides is 1. The van der Waals surface area contributed by atoms with Crippen molar-refractivity contribution in [2.45, 2.75) is 52.6 Å². The molecule has 2 fully saturated rings. The van der Waals surface area contributed by atoms with Gasteiger partial charge in [0.05, 0.1) is 5.92 Å². The summed E-state index contributed by atoms with van der Waals surface area (Å²) in [7, 11) is 0. The summed E-state index contributed by atoms with van der Waals surface area (Å²) in [5, 5.41) is 13.1. The van der Waals surface area contributed by atoms with Crippen molar-refractivity contribution in [2.75, 3.05) is 26.2 Å². The van der Waals surface area contributed by atoms with Crippen LogP contribution in [0.1, 0.15) is 47.0 Å². The van der Waals surface area contributed by atoms with E-state index in [1.54, 1.807) is 4.90 Å². The highest BCUT2D eigenvalue weighted by Crippen LogP contribution is 2.49. The molecule has 6 heteroatoms. The number of carbonyl (C=O) groups excluding carboxylic acids is 1. The van der Waals surface area contributed by atoms with E-state index in [1.165, 1.54) is 0 Å². The number of carboxylic acids is 1. The topological polar surface area (TPSA) is 78.9 Å². The molecule has 2 saturated heterocycles. The molecule has 2 heterocycles. The Kier molecular flexibility index (Phi) is 5.23. The van der Waals surface area contributed by atoms with E-state index in [-0.39, 0.29) is 17.9 Å². The largest absolute Gasteiger partial charge is 0.481 e. The molecule has 0 aromatic carbocycles. The van der Waals surface area contributed by atoms with Crippen molar-refractivity contribution in [1.82, 2.24) is 10.2 Å². The van der Waals surface area contributed by atoms with Crippen LogP contribution in [0.15, 0.2) is 0 Å². The molecule has 0 aromatic rings. The third-order valence-electron chi connectivity index (χ3n) is 5.33. The van der Waals surface area contributed by atoms with Crippen molar-refractivity contribution < 1.29 is 19.4 Å². The Balaban J connectivity index is 2.23. The van der Waals surface area contributed by atoms with Crippen LogP contribution in [0.5, 0.6) is 0 Å². The predicted octanol–water partition coefficient (Wildman–Crippen LogP) is 2.33. The summed E-state index contributed by atoms with van der Waals surface area (Å²) < 4.78 is 5.46. The van der Waals surface area contributed by atoms with Crippen LogP contribution in [-0.4, -0.2) is 53.8 Å². The van der Waals surface area contributed by atoms with E-state index in [1.807, 2.05) is 20.8 Å². The summed E-state index contributed by atoms with van der Waals surface area (Å²) in [6.45, 7) is 10.1. The van der Waals surface area contributed by atoms with Gasteiger partial charge in [0.25, 0.3) is 0 Å². The lowest BCUT2D eigenvalue weighted by Gasteiger charge is -2.53. The Bertz CT molecular complexity index is 452. The third-order valence-corrected chi connectivity index (χ3v) is 5.33. The van der Waals surface area contributed by atoms with Crippen LogP contribution in [-0.2, 0) is 9.53 Å². The lowest BCUT2D eigenvalue weighted by Crippen LogP contribution is -2.60. The number of ether oxygens (including phenoxy) is 1. The molecular formula is C17H30N2O4. The second-order valence-corrected chi connectivity index (χ2v) is 7.86. The first-order chi connectivity index (χ1) is 10.7. The summed E-state index contributed by atoms with van der Waals surface area (Å²) in [4.78, 5) is 26.0. The van der Waals surface area contributed by atoms with Gasteiger partial charge in [-0.2, -0.15) is 0 Å². The minimum Gasteiger partial charge on any atom is -0.481 e. The van der Waals surface area contributed by atoms with Crippen LogP contribution in [0.25, 0.3) is 0 Å². The molecule has 2 rings (SSSR count). The molecule has 2 aliphatic heterocycles. The average Bonchev–Trinajstić information content (AvgIpc) is 2.46. The molecule has 23 heavy (non-hydrogen) atoms. The standard InChI is InChI=1S/C17H30N2O4/c1-5-12-10-19(15(22)23-16(2,3)4)11-13(14(20)21)17(12)6-8-18-9-7-17/h12-13,18H,5-11H2,1-4H3,(H,20,21). The Morgan fingerprint density at radius 1 is 1.26 bits per heavy atom. The van der Waals surface area contributed by atoms with Crippen LogP contribution in [0.2, 0.25) is 0 Å². The van der Waals surface area contributed by atoms with E-state index >= 15 is 0 Å². The van der Waals surface area contributed by atoms with Crippen LogP contribution >= 0.6 is 0 Å². The highest BCUT2D eigenvalue weighted by Gasteiger charge is 2.53. The number of hydrogen-bond donors (Lipinski definition) is 2. The van der Waals surface area contributed by atoms with Gasteiger partial charge in [-0.3, -0.25) is 4.79 Å². The van der Waals surface area contributed by atoms with E-state index in [4.69, 9.17) is 4.74 Å². The molecule has 1 spiro atoms. The average molecular weight is 326 g/mol. The second-order valence-electron chi connectivity index (χ2n) is 7.86. The smallest absolute Gasteiger partial charge is 0.410 e. The molecule has 1 amide bonds. The maximum atomic E-state index is 12.4. The fourth-order valence-electron chi connectivity index (χ4n) is 4.19. The molecule has 0 aliphatic carbocycles. The van der Waals surface area contributed by atoms with Crippen LogP contribution < -0.4 is 5.32 Å². The number of likely N-dealkylation sites (tertiary alicyclic amines) is 1. The molecule has 0 aromatic heterocycles. The normalized spacial score (nSPS) is 27.7. The predicted molar refractivity (Wildman–Crippen MR) is 87.3 cm³/mol. The number of carboxylic acid groups (broad SMARTS) is 1. The summed E-state index contributed by atoms with van der Waals surface area (Å²) in [6.07, 6.45) is 2.21. The van der Waals surface area contributed by atoms with Gasteiger partial charge in [0.15, 0.2) is 0 Å². The van der Waals surface area contributed by atoms with Crippen molar-refractivity contribution in [3.05, 3.63) is 0 Å². The number of aliphatic carboxylic acids is 1. The molecule has 0 radical (unpaired) electrons. The van der Waals surface area contributed by atoms with Crippen molar-refractivity contribution in [1.29, 1.82) is 0 Å². The second kappa shape index (κ2) is 6.67. The van der Waals surface area contributed by atoms with Gasteiger partial charge in [-0.25, -0.2) is 4.79 Å². The molecule has 2 N–H and O–H groups in total. The lowest BCUT2D eigenvalue weighted by molar-refractivity contribution is -0.156.